The lowest BCUT2D eigenvalue weighted by molar-refractivity contribution is -0.143. The summed E-state index contributed by atoms with van der Waals surface area (Å²) in [6.07, 6.45) is 0.598. The number of benzene rings is 1. The van der Waals surface area contributed by atoms with Gasteiger partial charge in [0.15, 0.2) is 0 Å². The molecule has 1 aromatic carbocycles. The van der Waals surface area contributed by atoms with E-state index in [1.54, 1.807) is 0 Å². The Kier molecular flexibility index (Phi) is 3.36. The maximum atomic E-state index is 12.1. The van der Waals surface area contributed by atoms with Gasteiger partial charge in [-0.2, -0.15) is 0 Å². The molecule has 96 valence electrons. The Morgan fingerprint density at radius 1 is 1.44 bits per heavy atom. The highest BCUT2D eigenvalue weighted by atomic mass is 16.5. The fourth-order valence-electron chi connectivity index (χ4n) is 2.62. The highest BCUT2D eigenvalue weighted by molar-refractivity contribution is 5.86. The molecule has 1 aliphatic heterocycles. The summed E-state index contributed by atoms with van der Waals surface area (Å²) in [5.41, 5.74) is 5.39. The summed E-state index contributed by atoms with van der Waals surface area (Å²) >= 11 is 0. The number of esters is 1. The Labute approximate surface area is 106 Å². The van der Waals surface area contributed by atoms with Crippen LogP contribution in [0.3, 0.4) is 0 Å². The molecule has 2 N–H and O–H groups in total. The second kappa shape index (κ2) is 4.80. The van der Waals surface area contributed by atoms with Crippen molar-refractivity contribution in [2.45, 2.75) is 25.2 Å². The minimum Gasteiger partial charge on any atom is -0.465 e. The van der Waals surface area contributed by atoms with Crippen LogP contribution in [0.5, 0.6) is 0 Å². The molecule has 1 heterocycles. The van der Waals surface area contributed by atoms with Crippen LogP contribution in [0, 0.1) is 5.92 Å². The number of hydrogen-bond acceptors (Lipinski definition) is 3. The Morgan fingerprint density at radius 2 is 2.11 bits per heavy atom. The predicted octanol–water partition coefficient (Wildman–Crippen LogP) is 1.38. The Balaban J connectivity index is 2.40. The summed E-state index contributed by atoms with van der Waals surface area (Å²) in [7, 11) is 0. The van der Waals surface area contributed by atoms with Gasteiger partial charge in [0.05, 0.1) is 12.0 Å². The maximum absolute atomic E-state index is 12.1. The smallest absolute Gasteiger partial charge is 0.316 e. The fraction of sp³-hybridized carbons (Fsp3) is 0.429. The van der Waals surface area contributed by atoms with Crippen LogP contribution >= 0.6 is 0 Å². The number of rotatable bonds is 4. The molecule has 1 saturated heterocycles. The van der Waals surface area contributed by atoms with E-state index in [2.05, 4.69) is 0 Å². The number of carbonyl (C=O) groups excluding carboxylic acids is 2. The fourth-order valence-corrected chi connectivity index (χ4v) is 2.62. The first kappa shape index (κ1) is 12.6. The second-order valence-electron chi connectivity index (χ2n) is 4.80. The normalized spacial score (nSPS) is 26.9. The summed E-state index contributed by atoms with van der Waals surface area (Å²) < 4.78 is 5.18. The van der Waals surface area contributed by atoms with Crippen molar-refractivity contribution < 1.29 is 14.3 Å². The zero-order valence-electron chi connectivity index (χ0n) is 10.4. The van der Waals surface area contributed by atoms with E-state index in [1.807, 2.05) is 37.3 Å². The number of hydrogen-bond donors (Lipinski definition) is 1. The van der Waals surface area contributed by atoms with Gasteiger partial charge in [0.1, 0.15) is 0 Å². The Morgan fingerprint density at radius 3 is 2.61 bits per heavy atom. The zero-order chi connectivity index (χ0) is 13.2. The van der Waals surface area contributed by atoms with Crippen molar-refractivity contribution in [3.05, 3.63) is 35.9 Å². The van der Waals surface area contributed by atoms with E-state index in [0.29, 0.717) is 13.0 Å². The topological polar surface area (TPSA) is 69.4 Å². The van der Waals surface area contributed by atoms with E-state index in [-0.39, 0.29) is 18.3 Å². The number of amides is 1. The molecule has 0 bridgehead atoms. The number of cyclic esters (lactones) is 1. The van der Waals surface area contributed by atoms with Gasteiger partial charge in [-0.3, -0.25) is 9.59 Å². The average Bonchev–Trinajstić information content (AvgIpc) is 2.65. The van der Waals surface area contributed by atoms with E-state index in [1.165, 1.54) is 0 Å². The van der Waals surface area contributed by atoms with Crippen molar-refractivity contribution in [3.8, 4) is 0 Å². The van der Waals surface area contributed by atoms with Gasteiger partial charge in [-0.15, -0.1) is 0 Å². The van der Waals surface area contributed by atoms with Crippen LogP contribution in [0.25, 0.3) is 0 Å². The minimum absolute atomic E-state index is 0.0479. The molecule has 4 heteroatoms. The van der Waals surface area contributed by atoms with Crippen LogP contribution in [-0.4, -0.2) is 18.5 Å². The lowest BCUT2D eigenvalue weighted by atomic mass is 9.69. The largest absolute Gasteiger partial charge is 0.465 e. The third-order valence-corrected chi connectivity index (χ3v) is 3.72. The van der Waals surface area contributed by atoms with Crippen molar-refractivity contribution in [1.29, 1.82) is 0 Å². The zero-order valence-corrected chi connectivity index (χ0v) is 10.4. The van der Waals surface area contributed by atoms with Crippen LogP contribution in [-0.2, 0) is 19.7 Å². The highest BCUT2D eigenvalue weighted by Gasteiger charge is 2.51. The molecule has 1 fully saturated rings. The molecule has 0 aromatic heterocycles. The van der Waals surface area contributed by atoms with Gasteiger partial charge in [0, 0.05) is 12.3 Å². The summed E-state index contributed by atoms with van der Waals surface area (Å²) in [6, 6.07) is 9.49. The van der Waals surface area contributed by atoms with Gasteiger partial charge in [-0.25, -0.2) is 0 Å². The van der Waals surface area contributed by atoms with Gasteiger partial charge in [-0.1, -0.05) is 37.3 Å². The molecule has 18 heavy (non-hydrogen) atoms. The monoisotopic (exact) mass is 247 g/mol. The predicted molar refractivity (Wildman–Crippen MR) is 66.7 cm³/mol. The molecule has 1 aromatic rings. The number of ether oxygens (including phenoxy) is 1. The second-order valence-corrected chi connectivity index (χ2v) is 4.80. The van der Waals surface area contributed by atoms with E-state index in [4.69, 9.17) is 10.5 Å². The molecule has 0 spiro atoms. The number of primary amides is 1. The standard InChI is InChI=1S/C14H17NO3/c1-10-9-18-13(17)14(10,8-7-12(15)16)11-5-3-2-4-6-11/h2-6,10H,7-9H2,1H3,(H2,15,16)/t10-,14-/m0/s1. The lowest BCUT2D eigenvalue weighted by Crippen LogP contribution is -2.38. The van der Waals surface area contributed by atoms with Crippen LogP contribution in [0.15, 0.2) is 30.3 Å². The van der Waals surface area contributed by atoms with Crippen LogP contribution in [0.2, 0.25) is 0 Å². The molecular weight excluding hydrogens is 230 g/mol. The molecule has 2 atom stereocenters. The summed E-state index contributed by atoms with van der Waals surface area (Å²) in [4.78, 5) is 23.2. The molecule has 0 saturated carbocycles. The molecule has 1 aliphatic rings. The third kappa shape index (κ3) is 1.98. The van der Waals surface area contributed by atoms with Crippen molar-refractivity contribution in [3.63, 3.8) is 0 Å². The third-order valence-electron chi connectivity index (χ3n) is 3.72. The van der Waals surface area contributed by atoms with Crippen molar-refractivity contribution in [2.75, 3.05) is 6.61 Å². The molecule has 4 nitrogen and oxygen atoms in total. The van der Waals surface area contributed by atoms with Gasteiger partial charge >= 0.3 is 5.97 Å². The summed E-state index contributed by atoms with van der Waals surface area (Å²) in [5, 5.41) is 0. The first-order chi connectivity index (χ1) is 8.57. The average molecular weight is 247 g/mol. The van der Waals surface area contributed by atoms with Crippen LogP contribution in [0.4, 0.5) is 0 Å². The van der Waals surface area contributed by atoms with Crippen molar-refractivity contribution in [1.82, 2.24) is 0 Å². The first-order valence-corrected chi connectivity index (χ1v) is 6.08. The van der Waals surface area contributed by atoms with Gasteiger partial charge in [-0.05, 0) is 12.0 Å². The van der Waals surface area contributed by atoms with E-state index < -0.39 is 11.3 Å². The molecule has 1 amide bonds. The minimum atomic E-state index is -0.726. The van der Waals surface area contributed by atoms with Gasteiger partial charge in [0.2, 0.25) is 5.91 Å². The first-order valence-electron chi connectivity index (χ1n) is 6.08. The highest BCUT2D eigenvalue weighted by Crippen LogP contribution is 2.42. The van der Waals surface area contributed by atoms with E-state index in [9.17, 15) is 9.59 Å². The quantitative estimate of drug-likeness (QED) is 0.817. The van der Waals surface area contributed by atoms with Gasteiger partial charge < -0.3 is 10.5 Å². The Hall–Kier alpha value is -1.84. The maximum Gasteiger partial charge on any atom is 0.316 e. The lowest BCUT2D eigenvalue weighted by Gasteiger charge is -2.29. The van der Waals surface area contributed by atoms with Crippen molar-refractivity contribution in [2.24, 2.45) is 11.7 Å². The van der Waals surface area contributed by atoms with Crippen LogP contribution < -0.4 is 5.73 Å². The van der Waals surface area contributed by atoms with Gasteiger partial charge in [0.25, 0.3) is 0 Å². The molecule has 0 radical (unpaired) electrons. The van der Waals surface area contributed by atoms with Crippen molar-refractivity contribution >= 4 is 11.9 Å². The SMILES string of the molecule is C[C@H]1COC(=O)[C@]1(CCC(N)=O)c1ccccc1. The van der Waals surface area contributed by atoms with E-state index >= 15 is 0 Å². The summed E-state index contributed by atoms with van der Waals surface area (Å²) in [5.74, 6) is -0.591. The van der Waals surface area contributed by atoms with Crippen LogP contribution in [0.1, 0.15) is 25.3 Å². The Bertz CT molecular complexity index is 457. The summed E-state index contributed by atoms with van der Waals surface area (Å²) in [6.45, 7) is 2.37. The van der Waals surface area contributed by atoms with E-state index in [0.717, 1.165) is 5.56 Å². The molecule has 2 rings (SSSR count). The number of carbonyl (C=O) groups is 2. The molecular formula is C14H17NO3. The number of nitrogens with two attached hydrogens (primary N) is 1. The molecule has 0 aliphatic carbocycles. The molecule has 0 unspecified atom stereocenters.